The fourth-order valence-corrected chi connectivity index (χ4v) is 3.14. The number of rotatable bonds is 8. The van der Waals surface area contributed by atoms with E-state index in [0.29, 0.717) is 13.0 Å². The van der Waals surface area contributed by atoms with Crippen molar-refractivity contribution < 1.29 is 14.5 Å². The summed E-state index contributed by atoms with van der Waals surface area (Å²) in [7, 11) is 0. The second-order valence-electron chi connectivity index (χ2n) is 7.08. The summed E-state index contributed by atoms with van der Waals surface area (Å²) in [6.45, 7) is 6.11. The molecule has 29 heavy (non-hydrogen) atoms. The molecule has 1 atom stereocenters. The first-order valence-corrected chi connectivity index (χ1v) is 9.65. The number of nitro groups is 1. The molecule has 0 aliphatic heterocycles. The Morgan fingerprint density at radius 1 is 1.17 bits per heavy atom. The van der Waals surface area contributed by atoms with Crippen molar-refractivity contribution >= 4 is 29.1 Å². The molecular formula is C21H24ClN3O4. The molecule has 0 saturated carbocycles. The Kier molecular flexibility index (Phi) is 7.73. The van der Waals surface area contributed by atoms with Gasteiger partial charge in [0.1, 0.15) is 6.04 Å². The summed E-state index contributed by atoms with van der Waals surface area (Å²) < 4.78 is 0. The van der Waals surface area contributed by atoms with E-state index in [4.69, 9.17) is 11.6 Å². The first-order chi connectivity index (χ1) is 13.7. The Balaban J connectivity index is 2.01. The van der Waals surface area contributed by atoms with Crippen LogP contribution in [0.3, 0.4) is 0 Å². The Morgan fingerprint density at radius 3 is 2.45 bits per heavy atom. The monoisotopic (exact) mass is 417 g/mol. The molecule has 2 aromatic rings. The molecule has 0 radical (unpaired) electrons. The first-order valence-electron chi connectivity index (χ1n) is 9.27. The smallest absolute Gasteiger partial charge is 0.270 e. The van der Waals surface area contributed by atoms with Crippen LogP contribution < -0.4 is 10.6 Å². The van der Waals surface area contributed by atoms with E-state index in [2.05, 4.69) is 10.6 Å². The van der Waals surface area contributed by atoms with Gasteiger partial charge in [-0.2, -0.15) is 0 Å². The molecule has 154 valence electrons. The molecule has 0 heterocycles. The van der Waals surface area contributed by atoms with E-state index in [1.165, 1.54) is 12.1 Å². The van der Waals surface area contributed by atoms with Gasteiger partial charge >= 0.3 is 0 Å². The third-order valence-corrected chi connectivity index (χ3v) is 4.91. The quantitative estimate of drug-likeness (QED) is 0.505. The summed E-state index contributed by atoms with van der Waals surface area (Å²) in [5, 5.41) is 16.3. The normalized spacial score (nSPS) is 11.8. The van der Waals surface area contributed by atoms with Gasteiger partial charge in [-0.25, -0.2) is 0 Å². The zero-order valence-electron chi connectivity index (χ0n) is 16.6. The van der Waals surface area contributed by atoms with E-state index in [1.54, 1.807) is 0 Å². The molecule has 0 saturated heterocycles. The predicted octanol–water partition coefficient (Wildman–Crippen LogP) is 3.67. The van der Waals surface area contributed by atoms with Gasteiger partial charge in [-0.15, -0.1) is 0 Å². The molecule has 0 fully saturated rings. The number of aryl methyl sites for hydroxylation is 1. The van der Waals surface area contributed by atoms with Crippen molar-refractivity contribution in [1.29, 1.82) is 0 Å². The summed E-state index contributed by atoms with van der Waals surface area (Å²) in [4.78, 5) is 35.4. The van der Waals surface area contributed by atoms with Crippen molar-refractivity contribution in [2.75, 3.05) is 6.54 Å². The number of nitrogens with zero attached hydrogens (tertiary/aromatic N) is 1. The second kappa shape index (κ2) is 10.0. The van der Waals surface area contributed by atoms with Crippen molar-refractivity contribution in [2.45, 2.75) is 33.2 Å². The standard InChI is InChI=1S/C21H24ClN3O4/c1-13(2)19(21(27)23-11-10-15-7-5-4-6-14(15)3)24-20(26)17-9-8-16(25(28)29)12-18(17)22/h4-9,12-13,19H,10-11H2,1-3H3,(H,23,27)(H,24,26)/t19-/m0/s1. The van der Waals surface area contributed by atoms with Crippen molar-refractivity contribution in [2.24, 2.45) is 5.92 Å². The Hall–Kier alpha value is -2.93. The van der Waals surface area contributed by atoms with Crippen molar-refractivity contribution in [1.82, 2.24) is 10.6 Å². The number of halogens is 1. The van der Waals surface area contributed by atoms with E-state index in [9.17, 15) is 19.7 Å². The van der Waals surface area contributed by atoms with Crippen LogP contribution in [-0.4, -0.2) is 29.3 Å². The van der Waals surface area contributed by atoms with E-state index in [1.807, 2.05) is 45.0 Å². The van der Waals surface area contributed by atoms with Gasteiger partial charge in [-0.05, 0) is 36.5 Å². The van der Waals surface area contributed by atoms with E-state index < -0.39 is 16.9 Å². The Labute approximate surface area is 174 Å². The van der Waals surface area contributed by atoms with Crippen LogP contribution in [0.25, 0.3) is 0 Å². The summed E-state index contributed by atoms with van der Waals surface area (Å²) in [5.41, 5.74) is 2.18. The highest BCUT2D eigenvalue weighted by Gasteiger charge is 2.25. The largest absolute Gasteiger partial charge is 0.354 e. The first kappa shape index (κ1) is 22.4. The number of non-ortho nitro benzene ring substituents is 1. The lowest BCUT2D eigenvalue weighted by Crippen LogP contribution is -2.50. The second-order valence-corrected chi connectivity index (χ2v) is 7.49. The van der Waals surface area contributed by atoms with Crippen LogP contribution in [0.15, 0.2) is 42.5 Å². The molecule has 7 nitrogen and oxygen atoms in total. The van der Waals surface area contributed by atoms with Crippen LogP contribution in [0, 0.1) is 23.0 Å². The topological polar surface area (TPSA) is 101 Å². The third kappa shape index (κ3) is 6.02. The lowest BCUT2D eigenvalue weighted by molar-refractivity contribution is -0.384. The van der Waals surface area contributed by atoms with Gasteiger partial charge in [0.2, 0.25) is 5.91 Å². The molecule has 2 N–H and O–H groups in total. The number of carbonyl (C=O) groups is 2. The van der Waals surface area contributed by atoms with Gasteiger partial charge in [0.05, 0.1) is 15.5 Å². The van der Waals surface area contributed by atoms with Crippen LogP contribution in [0.1, 0.15) is 35.3 Å². The minimum Gasteiger partial charge on any atom is -0.354 e. The molecule has 0 unspecified atom stereocenters. The molecule has 0 aliphatic carbocycles. The molecule has 2 amide bonds. The van der Waals surface area contributed by atoms with Crippen molar-refractivity contribution in [3.05, 3.63) is 74.3 Å². The fraction of sp³-hybridized carbons (Fsp3) is 0.333. The van der Waals surface area contributed by atoms with Crippen LogP contribution in [-0.2, 0) is 11.2 Å². The predicted molar refractivity (Wildman–Crippen MR) is 112 cm³/mol. The van der Waals surface area contributed by atoms with Gasteiger partial charge in [0, 0.05) is 18.7 Å². The average molecular weight is 418 g/mol. The van der Waals surface area contributed by atoms with Crippen LogP contribution in [0.4, 0.5) is 5.69 Å². The van der Waals surface area contributed by atoms with Gasteiger partial charge < -0.3 is 10.6 Å². The number of amides is 2. The maximum absolute atomic E-state index is 12.6. The van der Waals surface area contributed by atoms with E-state index in [-0.39, 0.29) is 28.1 Å². The molecule has 0 bridgehead atoms. The van der Waals surface area contributed by atoms with Crippen LogP contribution in [0.5, 0.6) is 0 Å². The van der Waals surface area contributed by atoms with E-state index >= 15 is 0 Å². The zero-order chi connectivity index (χ0) is 21.6. The van der Waals surface area contributed by atoms with Gasteiger partial charge in [0.15, 0.2) is 0 Å². The number of nitrogens with one attached hydrogen (secondary N) is 2. The van der Waals surface area contributed by atoms with E-state index in [0.717, 1.165) is 17.2 Å². The number of carbonyl (C=O) groups excluding carboxylic acids is 2. The zero-order valence-corrected chi connectivity index (χ0v) is 17.3. The number of hydrogen-bond acceptors (Lipinski definition) is 4. The molecule has 0 aromatic heterocycles. The van der Waals surface area contributed by atoms with Crippen LogP contribution >= 0.6 is 11.6 Å². The summed E-state index contributed by atoms with van der Waals surface area (Å²) in [5.74, 6) is -1.01. The SMILES string of the molecule is Cc1ccccc1CCNC(=O)[C@@H](NC(=O)c1ccc([N+](=O)[O-])cc1Cl)C(C)C. The minimum atomic E-state index is -0.759. The maximum Gasteiger partial charge on any atom is 0.270 e. The number of benzene rings is 2. The van der Waals surface area contributed by atoms with Crippen LogP contribution in [0.2, 0.25) is 5.02 Å². The van der Waals surface area contributed by atoms with Gasteiger partial charge in [0.25, 0.3) is 11.6 Å². The number of nitro benzene ring substituents is 1. The Morgan fingerprint density at radius 2 is 1.86 bits per heavy atom. The highest BCUT2D eigenvalue weighted by Crippen LogP contribution is 2.22. The minimum absolute atomic E-state index is 0.0424. The van der Waals surface area contributed by atoms with Gasteiger partial charge in [-0.1, -0.05) is 49.7 Å². The lowest BCUT2D eigenvalue weighted by Gasteiger charge is -2.22. The number of hydrogen-bond donors (Lipinski definition) is 2. The van der Waals surface area contributed by atoms with Gasteiger partial charge in [-0.3, -0.25) is 19.7 Å². The molecular weight excluding hydrogens is 394 g/mol. The summed E-state index contributed by atoms with van der Waals surface area (Å²) in [6, 6.07) is 10.8. The highest BCUT2D eigenvalue weighted by atomic mass is 35.5. The maximum atomic E-state index is 12.6. The fourth-order valence-electron chi connectivity index (χ4n) is 2.88. The molecule has 2 aromatic carbocycles. The van der Waals surface area contributed by atoms with Crippen molar-refractivity contribution in [3.63, 3.8) is 0 Å². The summed E-state index contributed by atoms with van der Waals surface area (Å²) in [6.07, 6.45) is 0.686. The molecule has 8 heteroatoms. The molecule has 0 spiro atoms. The Bertz CT molecular complexity index is 915. The highest BCUT2D eigenvalue weighted by molar-refractivity contribution is 6.34. The molecule has 0 aliphatic rings. The van der Waals surface area contributed by atoms with Crippen molar-refractivity contribution in [3.8, 4) is 0 Å². The average Bonchev–Trinajstić information content (AvgIpc) is 2.66. The molecule has 2 rings (SSSR count). The lowest BCUT2D eigenvalue weighted by atomic mass is 10.0. The summed E-state index contributed by atoms with van der Waals surface area (Å²) >= 11 is 6.01. The third-order valence-electron chi connectivity index (χ3n) is 4.60.